The van der Waals surface area contributed by atoms with Crippen LogP contribution < -0.4 is 9.47 Å². The van der Waals surface area contributed by atoms with Crippen molar-refractivity contribution in [2.24, 2.45) is 0 Å². The van der Waals surface area contributed by atoms with E-state index < -0.39 is 23.5 Å². The van der Waals surface area contributed by atoms with Crippen molar-refractivity contribution < 1.29 is 28.6 Å². The number of benzene rings is 2. The Morgan fingerprint density at radius 3 is 2.53 bits per heavy atom. The van der Waals surface area contributed by atoms with Crippen LogP contribution in [0.1, 0.15) is 22.0 Å². The number of aliphatic hydroxyl groups is 1. The molecule has 32 heavy (non-hydrogen) atoms. The Bertz CT molecular complexity index is 1220. The van der Waals surface area contributed by atoms with Crippen LogP contribution in [0, 0.1) is 5.82 Å². The molecule has 1 atom stereocenters. The van der Waals surface area contributed by atoms with Gasteiger partial charge in [0.05, 0.1) is 18.2 Å². The smallest absolute Gasteiger partial charge is 0.295 e. The first-order valence-corrected chi connectivity index (χ1v) is 10.9. The number of thiophene rings is 1. The summed E-state index contributed by atoms with van der Waals surface area (Å²) in [5, 5.41) is 13.0. The number of carbonyl (C=O) groups is 2. The van der Waals surface area contributed by atoms with Crippen LogP contribution >= 0.6 is 11.3 Å². The van der Waals surface area contributed by atoms with Gasteiger partial charge in [0.25, 0.3) is 11.7 Å². The molecule has 2 aromatic carbocycles. The number of hydrogen-bond acceptors (Lipinski definition) is 6. The summed E-state index contributed by atoms with van der Waals surface area (Å²) in [5.74, 6) is -1.26. The molecule has 1 aromatic heterocycles. The summed E-state index contributed by atoms with van der Waals surface area (Å²) in [6, 6.07) is 13.3. The van der Waals surface area contributed by atoms with E-state index >= 15 is 0 Å². The molecule has 0 radical (unpaired) electrons. The summed E-state index contributed by atoms with van der Waals surface area (Å²) in [6.07, 6.45) is 0. The SMILES string of the molecule is O=C1C(=O)N(Cc2cccs2)C(c2ccc(F)cc2)/C1=C(/O)c1ccc2c(c1)OCCO2. The number of amides is 1. The van der Waals surface area contributed by atoms with Crippen LogP contribution in [0.25, 0.3) is 5.76 Å². The third kappa shape index (κ3) is 3.52. The maximum atomic E-state index is 13.6. The number of rotatable bonds is 4. The molecule has 1 fully saturated rings. The summed E-state index contributed by atoms with van der Waals surface area (Å²) < 4.78 is 24.7. The van der Waals surface area contributed by atoms with Crippen molar-refractivity contribution in [3.8, 4) is 11.5 Å². The van der Waals surface area contributed by atoms with E-state index in [1.54, 1.807) is 18.2 Å². The van der Waals surface area contributed by atoms with Gasteiger partial charge in [-0.2, -0.15) is 0 Å². The van der Waals surface area contributed by atoms with Crippen LogP contribution in [0.15, 0.2) is 65.6 Å². The fraction of sp³-hybridized carbons (Fsp3) is 0.167. The lowest BCUT2D eigenvalue weighted by atomic mass is 9.95. The zero-order valence-corrected chi connectivity index (χ0v) is 17.6. The average molecular weight is 451 g/mol. The van der Waals surface area contributed by atoms with Gasteiger partial charge in [-0.1, -0.05) is 18.2 Å². The van der Waals surface area contributed by atoms with Gasteiger partial charge in [-0.15, -0.1) is 11.3 Å². The first-order valence-electron chi connectivity index (χ1n) is 9.99. The highest BCUT2D eigenvalue weighted by Crippen LogP contribution is 2.42. The minimum Gasteiger partial charge on any atom is -0.507 e. The molecule has 0 aliphatic carbocycles. The fourth-order valence-electron chi connectivity index (χ4n) is 3.95. The summed E-state index contributed by atoms with van der Waals surface area (Å²) >= 11 is 1.46. The minimum absolute atomic E-state index is 0.0464. The number of nitrogens with zero attached hydrogens (tertiary/aromatic N) is 1. The van der Waals surface area contributed by atoms with E-state index in [0.717, 1.165) is 4.88 Å². The van der Waals surface area contributed by atoms with E-state index in [-0.39, 0.29) is 17.9 Å². The Morgan fingerprint density at radius 2 is 1.81 bits per heavy atom. The van der Waals surface area contributed by atoms with Gasteiger partial charge >= 0.3 is 0 Å². The monoisotopic (exact) mass is 451 g/mol. The summed E-state index contributed by atoms with van der Waals surface area (Å²) in [6.45, 7) is 0.997. The number of ketones is 1. The van der Waals surface area contributed by atoms with Crippen LogP contribution in [-0.2, 0) is 16.1 Å². The van der Waals surface area contributed by atoms with Crippen molar-refractivity contribution in [3.05, 3.63) is 87.4 Å². The summed E-state index contributed by atoms with van der Waals surface area (Å²) in [4.78, 5) is 28.3. The van der Waals surface area contributed by atoms with E-state index in [9.17, 15) is 19.1 Å². The number of halogens is 1. The van der Waals surface area contributed by atoms with Gasteiger partial charge in [-0.05, 0) is 47.3 Å². The number of Topliss-reactive ketones (excluding diaryl/α,β-unsaturated/α-hetero) is 1. The molecule has 162 valence electrons. The number of aliphatic hydroxyl groups excluding tert-OH is 1. The number of ether oxygens (including phenoxy) is 2. The molecule has 1 N–H and O–H groups in total. The largest absolute Gasteiger partial charge is 0.507 e. The van der Waals surface area contributed by atoms with Gasteiger partial charge in [0.1, 0.15) is 24.8 Å². The Morgan fingerprint density at radius 1 is 1.06 bits per heavy atom. The van der Waals surface area contributed by atoms with Crippen LogP contribution in [0.4, 0.5) is 4.39 Å². The Labute approximate surface area is 187 Å². The highest BCUT2D eigenvalue weighted by molar-refractivity contribution is 7.09. The molecule has 2 aliphatic rings. The molecule has 1 amide bonds. The second-order valence-electron chi connectivity index (χ2n) is 7.42. The molecule has 8 heteroatoms. The van der Waals surface area contributed by atoms with Crippen LogP contribution in [0.5, 0.6) is 11.5 Å². The molecule has 5 rings (SSSR count). The van der Waals surface area contributed by atoms with Gasteiger partial charge in [0.15, 0.2) is 11.5 Å². The van der Waals surface area contributed by atoms with Crippen molar-refractivity contribution >= 4 is 28.8 Å². The molecule has 0 saturated carbocycles. The zero-order chi connectivity index (χ0) is 22.2. The Kier molecular flexibility index (Phi) is 5.14. The van der Waals surface area contributed by atoms with E-state index in [4.69, 9.17) is 9.47 Å². The maximum absolute atomic E-state index is 13.6. The molecule has 1 saturated heterocycles. The fourth-order valence-corrected chi connectivity index (χ4v) is 4.65. The molecular weight excluding hydrogens is 433 g/mol. The quantitative estimate of drug-likeness (QED) is 0.364. The van der Waals surface area contributed by atoms with E-state index in [1.807, 2.05) is 17.5 Å². The van der Waals surface area contributed by atoms with Crippen molar-refractivity contribution in [2.45, 2.75) is 12.6 Å². The molecule has 1 unspecified atom stereocenters. The standard InChI is InChI=1S/C24H18FNO5S/c25-16-6-3-14(4-7-16)21-20(23(28)24(29)26(21)13-17-2-1-11-32-17)22(27)15-5-8-18-19(12-15)31-10-9-30-18/h1-8,11-12,21,27H,9-10,13H2/b22-20-. The van der Waals surface area contributed by atoms with Crippen molar-refractivity contribution in [3.63, 3.8) is 0 Å². The maximum Gasteiger partial charge on any atom is 0.295 e. The van der Waals surface area contributed by atoms with Gasteiger partial charge in [-0.25, -0.2) is 4.39 Å². The van der Waals surface area contributed by atoms with E-state index in [0.29, 0.717) is 35.8 Å². The number of fused-ring (bicyclic) bond motifs is 1. The lowest BCUT2D eigenvalue weighted by Gasteiger charge is -2.25. The first kappa shape index (κ1) is 20.3. The Hall–Kier alpha value is -3.65. The third-order valence-electron chi connectivity index (χ3n) is 5.45. The normalized spacial score (nSPS) is 19.4. The molecule has 3 heterocycles. The van der Waals surface area contributed by atoms with Gasteiger partial charge < -0.3 is 19.5 Å². The van der Waals surface area contributed by atoms with E-state index in [1.165, 1.54) is 40.5 Å². The second kappa shape index (κ2) is 8.12. The minimum atomic E-state index is -0.856. The highest BCUT2D eigenvalue weighted by Gasteiger charge is 2.46. The molecule has 2 aliphatic heterocycles. The van der Waals surface area contributed by atoms with Crippen molar-refractivity contribution in [2.75, 3.05) is 13.2 Å². The number of likely N-dealkylation sites (tertiary alicyclic amines) is 1. The first-order chi connectivity index (χ1) is 15.5. The van der Waals surface area contributed by atoms with Crippen LogP contribution in [0.3, 0.4) is 0 Å². The highest BCUT2D eigenvalue weighted by atomic mass is 32.1. The molecule has 6 nitrogen and oxygen atoms in total. The molecule has 0 bridgehead atoms. The third-order valence-corrected chi connectivity index (χ3v) is 6.31. The lowest BCUT2D eigenvalue weighted by molar-refractivity contribution is -0.140. The molecular formula is C24H18FNO5S. The van der Waals surface area contributed by atoms with Gasteiger partial charge in [0, 0.05) is 10.4 Å². The topological polar surface area (TPSA) is 76.1 Å². The molecule has 3 aromatic rings. The number of carbonyl (C=O) groups excluding carboxylic acids is 2. The molecule has 0 spiro atoms. The van der Waals surface area contributed by atoms with Crippen molar-refractivity contribution in [1.29, 1.82) is 0 Å². The van der Waals surface area contributed by atoms with Crippen LogP contribution in [0.2, 0.25) is 0 Å². The lowest BCUT2D eigenvalue weighted by Crippen LogP contribution is -2.28. The van der Waals surface area contributed by atoms with Gasteiger partial charge in [-0.3, -0.25) is 9.59 Å². The summed E-state index contributed by atoms with van der Waals surface area (Å²) in [7, 11) is 0. The average Bonchev–Trinajstić information content (AvgIpc) is 3.41. The predicted molar refractivity (Wildman–Crippen MR) is 116 cm³/mol. The van der Waals surface area contributed by atoms with Gasteiger partial charge in [0.2, 0.25) is 0 Å². The Balaban J connectivity index is 1.63. The van der Waals surface area contributed by atoms with Crippen molar-refractivity contribution in [1.82, 2.24) is 4.90 Å². The summed E-state index contributed by atoms with van der Waals surface area (Å²) in [5.41, 5.74) is 0.812. The second-order valence-corrected chi connectivity index (χ2v) is 8.45. The van der Waals surface area contributed by atoms with E-state index in [2.05, 4.69) is 0 Å². The van der Waals surface area contributed by atoms with Crippen LogP contribution in [-0.4, -0.2) is 34.9 Å². The number of hydrogen-bond donors (Lipinski definition) is 1. The zero-order valence-electron chi connectivity index (χ0n) is 16.8. The predicted octanol–water partition coefficient (Wildman–Crippen LogP) is 4.28.